The molecular formula is C26H30N3O4P. The van der Waals surface area contributed by atoms with Gasteiger partial charge in [-0.3, -0.25) is 4.79 Å². The average Bonchev–Trinajstić information content (AvgIpc) is 2.80. The molecule has 3 rings (SSSR count). The summed E-state index contributed by atoms with van der Waals surface area (Å²) in [6.07, 6.45) is -0.126. The molecule has 0 heterocycles. The summed E-state index contributed by atoms with van der Waals surface area (Å²) >= 11 is 0. The van der Waals surface area contributed by atoms with Crippen LogP contribution in [-0.4, -0.2) is 50.0 Å². The van der Waals surface area contributed by atoms with Crippen LogP contribution in [0.4, 0.5) is 16.2 Å². The van der Waals surface area contributed by atoms with E-state index in [1.54, 1.807) is 50.7 Å². The molecule has 2 amide bonds. The molecule has 0 bridgehead atoms. The second-order valence-corrected chi connectivity index (χ2v) is 12.2. The van der Waals surface area contributed by atoms with Gasteiger partial charge in [0, 0.05) is 25.3 Å². The molecule has 0 unspecified atom stereocenters. The number of anilines is 2. The van der Waals surface area contributed by atoms with Crippen molar-refractivity contribution in [3.63, 3.8) is 0 Å². The molecule has 0 aliphatic rings. The number of rotatable bonds is 8. The van der Waals surface area contributed by atoms with E-state index in [2.05, 4.69) is 5.32 Å². The van der Waals surface area contributed by atoms with Crippen LogP contribution in [0.1, 0.15) is 15.9 Å². The van der Waals surface area contributed by atoms with E-state index >= 15 is 0 Å². The molecular weight excluding hydrogens is 449 g/mol. The van der Waals surface area contributed by atoms with E-state index in [4.69, 9.17) is 10.5 Å². The number of nitrogens with two attached hydrogens (primary N) is 1. The molecule has 0 atom stereocenters. The van der Waals surface area contributed by atoms with Gasteiger partial charge in [-0.15, -0.1) is 0 Å². The predicted molar refractivity (Wildman–Crippen MR) is 138 cm³/mol. The lowest BCUT2D eigenvalue weighted by Crippen LogP contribution is -2.27. The molecule has 3 N–H and O–H groups in total. The van der Waals surface area contributed by atoms with Crippen LogP contribution in [0.2, 0.25) is 0 Å². The van der Waals surface area contributed by atoms with Gasteiger partial charge in [-0.1, -0.05) is 48.5 Å². The van der Waals surface area contributed by atoms with E-state index in [9.17, 15) is 14.2 Å². The number of hydrogen-bond donors (Lipinski definition) is 2. The van der Waals surface area contributed by atoms with Gasteiger partial charge in [0.15, 0.2) is 0 Å². The fourth-order valence-electron chi connectivity index (χ4n) is 3.23. The van der Waals surface area contributed by atoms with Crippen molar-refractivity contribution in [3.8, 4) is 11.1 Å². The van der Waals surface area contributed by atoms with Crippen LogP contribution in [0, 0.1) is 0 Å². The van der Waals surface area contributed by atoms with Crippen molar-refractivity contribution in [1.82, 2.24) is 4.90 Å². The van der Waals surface area contributed by atoms with Crippen molar-refractivity contribution < 1.29 is 18.9 Å². The monoisotopic (exact) mass is 479 g/mol. The van der Waals surface area contributed by atoms with Crippen molar-refractivity contribution in [3.05, 3.63) is 83.9 Å². The summed E-state index contributed by atoms with van der Waals surface area (Å²) < 4.78 is 16.9. The van der Waals surface area contributed by atoms with Crippen LogP contribution < -0.4 is 11.1 Å². The summed E-state index contributed by atoms with van der Waals surface area (Å²) in [5, 5.41) is 2.88. The first-order valence-electron chi connectivity index (χ1n) is 10.9. The summed E-state index contributed by atoms with van der Waals surface area (Å²) in [4.78, 5) is 26.3. The van der Waals surface area contributed by atoms with E-state index in [1.807, 2.05) is 42.5 Å². The van der Waals surface area contributed by atoms with Crippen molar-refractivity contribution in [2.75, 3.05) is 44.2 Å². The van der Waals surface area contributed by atoms with E-state index in [-0.39, 0.29) is 12.5 Å². The van der Waals surface area contributed by atoms with Gasteiger partial charge < -0.3 is 25.3 Å². The number of hydrogen-bond acceptors (Lipinski definition) is 5. The molecule has 0 aromatic heterocycles. The molecule has 3 aromatic carbocycles. The standard InChI is InChI=1S/C26H30N3O4P/c1-29(26(31)33-15-16-34(2,3)32)18-19-9-11-21(12-10-19)25(30)28-24-17-22(13-14-23(24)27)20-7-5-4-6-8-20/h4-14,17H,15-16,18,27H2,1-3H3,(H,28,30). The first-order valence-corrected chi connectivity index (χ1v) is 13.7. The Morgan fingerprint density at radius 3 is 2.29 bits per heavy atom. The summed E-state index contributed by atoms with van der Waals surface area (Å²) in [5.74, 6) is -0.278. The minimum atomic E-state index is -2.22. The smallest absolute Gasteiger partial charge is 0.409 e. The average molecular weight is 480 g/mol. The highest BCUT2D eigenvalue weighted by molar-refractivity contribution is 7.62. The first kappa shape index (κ1) is 25.1. The molecule has 0 aliphatic carbocycles. The van der Waals surface area contributed by atoms with Crippen LogP contribution in [0.3, 0.4) is 0 Å². The normalized spacial score (nSPS) is 11.0. The molecule has 0 radical (unpaired) electrons. The summed E-state index contributed by atoms with van der Waals surface area (Å²) in [6, 6.07) is 22.4. The van der Waals surface area contributed by atoms with Crippen molar-refractivity contribution in [1.29, 1.82) is 0 Å². The molecule has 0 saturated heterocycles. The second kappa shape index (κ2) is 11.0. The highest BCUT2D eigenvalue weighted by Gasteiger charge is 2.14. The molecule has 0 fully saturated rings. The van der Waals surface area contributed by atoms with E-state index < -0.39 is 13.2 Å². The number of nitrogen functional groups attached to an aromatic ring is 1. The van der Waals surface area contributed by atoms with Crippen molar-refractivity contribution in [2.24, 2.45) is 0 Å². The Morgan fingerprint density at radius 1 is 0.971 bits per heavy atom. The lowest BCUT2D eigenvalue weighted by Gasteiger charge is -2.18. The molecule has 0 aliphatic heterocycles. The molecule has 34 heavy (non-hydrogen) atoms. The van der Waals surface area contributed by atoms with Gasteiger partial charge in [-0.05, 0) is 54.3 Å². The number of benzene rings is 3. The largest absolute Gasteiger partial charge is 0.449 e. The van der Waals surface area contributed by atoms with Gasteiger partial charge in [0.2, 0.25) is 0 Å². The van der Waals surface area contributed by atoms with Gasteiger partial charge in [0.1, 0.15) is 0 Å². The maximum absolute atomic E-state index is 12.8. The predicted octanol–water partition coefficient (Wildman–Crippen LogP) is 5.38. The fraction of sp³-hybridized carbons (Fsp3) is 0.231. The highest BCUT2D eigenvalue weighted by atomic mass is 31.2. The van der Waals surface area contributed by atoms with Gasteiger partial charge in [-0.2, -0.15) is 0 Å². The molecule has 178 valence electrons. The zero-order chi connectivity index (χ0) is 24.7. The second-order valence-electron chi connectivity index (χ2n) is 8.59. The minimum absolute atomic E-state index is 0.126. The highest BCUT2D eigenvalue weighted by Crippen LogP contribution is 2.34. The number of amides is 2. The number of carbonyl (C=O) groups excluding carboxylic acids is 2. The number of ether oxygens (including phenoxy) is 1. The molecule has 7 nitrogen and oxygen atoms in total. The number of nitrogens with one attached hydrogen (secondary N) is 1. The third-order valence-corrected chi connectivity index (χ3v) is 6.47. The molecule has 8 heteroatoms. The number of nitrogens with zero attached hydrogens (tertiary/aromatic N) is 1. The van der Waals surface area contributed by atoms with E-state index in [0.717, 1.165) is 16.7 Å². The third-order valence-electron chi connectivity index (χ3n) is 5.21. The van der Waals surface area contributed by atoms with E-state index in [0.29, 0.717) is 29.6 Å². The molecule has 0 saturated carbocycles. The topological polar surface area (TPSA) is 102 Å². The Morgan fingerprint density at radius 2 is 1.65 bits per heavy atom. The van der Waals surface area contributed by atoms with Crippen LogP contribution in [-0.2, 0) is 15.8 Å². The third kappa shape index (κ3) is 7.22. The quantitative estimate of drug-likeness (QED) is 0.334. The van der Waals surface area contributed by atoms with Crippen molar-refractivity contribution >= 4 is 30.5 Å². The lowest BCUT2D eigenvalue weighted by molar-refractivity contribution is 0.102. The Balaban J connectivity index is 1.60. The van der Waals surface area contributed by atoms with Gasteiger partial charge in [0.05, 0.1) is 25.1 Å². The van der Waals surface area contributed by atoms with Crippen LogP contribution in [0.5, 0.6) is 0 Å². The fourth-order valence-corrected chi connectivity index (χ4v) is 3.76. The zero-order valence-corrected chi connectivity index (χ0v) is 20.5. The SMILES string of the molecule is CN(Cc1ccc(C(=O)Nc2cc(-c3ccccc3)ccc2N)cc1)C(=O)OCCP(C)(C)=O. The maximum Gasteiger partial charge on any atom is 0.409 e. The minimum Gasteiger partial charge on any atom is -0.449 e. The Kier molecular flexibility index (Phi) is 8.13. The van der Waals surface area contributed by atoms with Crippen LogP contribution in [0.15, 0.2) is 72.8 Å². The summed E-state index contributed by atoms with van der Waals surface area (Å²) in [6.45, 7) is 3.77. The summed E-state index contributed by atoms with van der Waals surface area (Å²) in [7, 11) is -0.595. The zero-order valence-electron chi connectivity index (χ0n) is 19.7. The Hall–Kier alpha value is -3.57. The Bertz CT molecular complexity index is 1190. The van der Waals surface area contributed by atoms with Gasteiger partial charge >= 0.3 is 6.09 Å². The first-order chi connectivity index (χ1) is 16.1. The Labute approximate surface area is 200 Å². The number of carbonyl (C=O) groups is 2. The summed E-state index contributed by atoms with van der Waals surface area (Å²) in [5.41, 5.74) is 10.4. The molecule has 0 spiro atoms. The lowest BCUT2D eigenvalue weighted by atomic mass is 10.0. The van der Waals surface area contributed by atoms with Crippen LogP contribution in [0.25, 0.3) is 11.1 Å². The maximum atomic E-state index is 12.8. The molecule has 3 aromatic rings. The van der Waals surface area contributed by atoms with Crippen molar-refractivity contribution in [2.45, 2.75) is 6.54 Å². The van der Waals surface area contributed by atoms with Crippen LogP contribution >= 0.6 is 7.14 Å². The van der Waals surface area contributed by atoms with Gasteiger partial charge in [0.25, 0.3) is 5.91 Å². The van der Waals surface area contributed by atoms with Gasteiger partial charge in [-0.25, -0.2) is 4.79 Å². The van der Waals surface area contributed by atoms with E-state index in [1.165, 1.54) is 4.90 Å².